The van der Waals surface area contributed by atoms with Gasteiger partial charge < -0.3 is 10.6 Å². The van der Waals surface area contributed by atoms with E-state index in [-0.39, 0.29) is 0 Å². The molecule has 0 bridgehead atoms. The van der Waals surface area contributed by atoms with E-state index in [1.165, 1.54) is 5.32 Å². The second-order valence-electron chi connectivity index (χ2n) is 1.88. The van der Waals surface area contributed by atoms with E-state index >= 15 is 0 Å². The van der Waals surface area contributed by atoms with Crippen molar-refractivity contribution in [2.75, 3.05) is 13.6 Å². The van der Waals surface area contributed by atoms with Crippen molar-refractivity contribution < 1.29 is 22.8 Å². The molecule has 0 rings (SSSR count). The fourth-order valence-electron chi connectivity index (χ4n) is 0.374. The largest absolute Gasteiger partial charge is 0.405 e. The van der Waals surface area contributed by atoms with Gasteiger partial charge in [0.25, 0.3) is 0 Å². The van der Waals surface area contributed by atoms with Gasteiger partial charge >= 0.3 is 18.0 Å². The Kier molecular flexibility index (Phi) is 3.52. The lowest BCUT2D eigenvalue weighted by Gasteiger charge is -2.06. The number of likely N-dealkylation sites (N-methyl/N-ethyl adjacent to an activating group) is 1. The quantitative estimate of drug-likeness (QED) is 0.535. The molecule has 7 heteroatoms. The van der Waals surface area contributed by atoms with Crippen molar-refractivity contribution in [2.24, 2.45) is 0 Å². The average molecular weight is 184 g/mol. The molecule has 0 aliphatic heterocycles. The van der Waals surface area contributed by atoms with Crippen LogP contribution in [0.2, 0.25) is 0 Å². The lowest BCUT2D eigenvalue weighted by molar-refractivity contribution is -0.146. The van der Waals surface area contributed by atoms with E-state index in [0.29, 0.717) is 0 Å². The third kappa shape index (κ3) is 4.53. The first-order valence-corrected chi connectivity index (χ1v) is 2.93. The molecule has 12 heavy (non-hydrogen) atoms. The van der Waals surface area contributed by atoms with Crippen LogP contribution in [0.25, 0.3) is 0 Å². The fraction of sp³-hybridized carbons (Fsp3) is 0.600. The minimum atomic E-state index is -4.50. The molecular formula is C5H7F3N2O2. The zero-order valence-electron chi connectivity index (χ0n) is 6.16. The summed E-state index contributed by atoms with van der Waals surface area (Å²) in [6.07, 6.45) is -4.50. The van der Waals surface area contributed by atoms with Gasteiger partial charge in [0.05, 0.1) is 0 Å². The van der Waals surface area contributed by atoms with Gasteiger partial charge in [0.1, 0.15) is 6.54 Å². The van der Waals surface area contributed by atoms with Crippen molar-refractivity contribution in [2.45, 2.75) is 6.18 Å². The van der Waals surface area contributed by atoms with Crippen molar-refractivity contribution >= 4 is 11.8 Å². The topological polar surface area (TPSA) is 58.2 Å². The molecule has 0 unspecified atom stereocenters. The maximum absolute atomic E-state index is 11.4. The predicted octanol–water partition coefficient (Wildman–Crippen LogP) is -0.589. The molecule has 0 spiro atoms. The lowest BCUT2D eigenvalue weighted by Crippen LogP contribution is -2.42. The van der Waals surface area contributed by atoms with Crippen molar-refractivity contribution in [3.8, 4) is 0 Å². The molecule has 2 N–H and O–H groups in total. The summed E-state index contributed by atoms with van der Waals surface area (Å²) in [4.78, 5) is 20.7. The number of hydrogen-bond donors (Lipinski definition) is 2. The molecule has 0 aromatic carbocycles. The van der Waals surface area contributed by atoms with E-state index in [1.807, 2.05) is 5.32 Å². The third-order valence-electron chi connectivity index (χ3n) is 0.883. The number of hydrogen-bond acceptors (Lipinski definition) is 2. The van der Waals surface area contributed by atoms with Gasteiger partial charge in [-0.05, 0) is 0 Å². The van der Waals surface area contributed by atoms with Crippen LogP contribution in [0.4, 0.5) is 13.2 Å². The Bertz CT molecular complexity index is 190. The van der Waals surface area contributed by atoms with Crippen LogP contribution in [0, 0.1) is 0 Å². The van der Waals surface area contributed by atoms with Crippen molar-refractivity contribution in [1.29, 1.82) is 0 Å². The van der Waals surface area contributed by atoms with Crippen LogP contribution in [-0.2, 0) is 9.59 Å². The summed E-state index contributed by atoms with van der Waals surface area (Å²) < 4.78 is 34.3. The second kappa shape index (κ2) is 3.93. The molecule has 0 aromatic heterocycles. The van der Waals surface area contributed by atoms with Gasteiger partial charge in [0.2, 0.25) is 0 Å². The Balaban J connectivity index is 3.80. The van der Waals surface area contributed by atoms with Crippen LogP contribution in [0.3, 0.4) is 0 Å². The maximum Gasteiger partial charge on any atom is 0.405 e. The average Bonchev–Trinajstić information content (AvgIpc) is 1.97. The van der Waals surface area contributed by atoms with E-state index in [9.17, 15) is 22.8 Å². The molecule has 2 amide bonds. The van der Waals surface area contributed by atoms with Gasteiger partial charge in [0, 0.05) is 7.05 Å². The maximum atomic E-state index is 11.4. The van der Waals surface area contributed by atoms with Crippen LogP contribution < -0.4 is 10.6 Å². The van der Waals surface area contributed by atoms with Crippen molar-refractivity contribution in [1.82, 2.24) is 10.6 Å². The number of halogens is 3. The van der Waals surface area contributed by atoms with Crippen LogP contribution in [0.1, 0.15) is 0 Å². The van der Waals surface area contributed by atoms with Crippen molar-refractivity contribution in [3.05, 3.63) is 0 Å². The minimum absolute atomic E-state index is 1.10. The van der Waals surface area contributed by atoms with Crippen LogP contribution in [0.5, 0.6) is 0 Å². The highest BCUT2D eigenvalue weighted by Crippen LogP contribution is 2.11. The van der Waals surface area contributed by atoms with E-state index in [2.05, 4.69) is 0 Å². The molecule has 0 radical (unpaired) electrons. The van der Waals surface area contributed by atoms with E-state index in [1.54, 1.807) is 0 Å². The fourth-order valence-corrected chi connectivity index (χ4v) is 0.374. The van der Waals surface area contributed by atoms with Gasteiger partial charge in [-0.1, -0.05) is 0 Å². The minimum Gasteiger partial charge on any atom is -0.351 e. The lowest BCUT2D eigenvalue weighted by atomic mass is 10.5. The Morgan fingerprint density at radius 3 is 2.08 bits per heavy atom. The monoisotopic (exact) mass is 184 g/mol. The standard InChI is InChI=1S/C5H7F3N2O2/c1-9-3(11)4(12)10-2-5(6,7)8/h2H2,1H3,(H,9,11)(H,10,12). The Morgan fingerprint density at radius 2 is 1.75 bits per heavy atom. The number of alkyl halides is 3. The summed E-state index contributed by atoms with van der Waals surface area (Å²) in [5.41, 5.74) is 0. The zero-order valence-corrected chi connectivity index (χ0v) is 6.16. The van der Waals surface area contributed by atoms with Gasteiger partial charge in [-0.15, -0.1) is 0 Å². The number of nitrogens with one attached hydrogen (secondary N) is 2. The van der Waals surface area contributed by atoms with Crippen molar-refractivity contribution in [3.63, 3.8) is 0 Å². The van der Waals surface area contributed by atoms with Gasteiger partial charge in [0.15, 0.2) is 0 Å². The molecule has 0 heterocycles. The molecular weight excluding hydrogens is 177 g/mol. The highest BCUT2D eigenvalue weighted by molar-refractivity contribution is 6.35. The van der Waals surface area contributed by atoms with Gasteiger partial charge in [-0.2, -0.15) is 13.2 Å². The Morgan fingerprint density at radius 1 is 1.25 bits per heavy atom. The highest BCUT2D eigenvalue weighted by atomic mass is 19.4. The first-order chi connectivity index (χ1) is 5.37. The molecule has 4 nitrogen and oxygen atoms in total. The SMILES string of the molecule is CNC(=O)C(=O)NCC(F)(F)F. The summed E-state index contributed by atoms with van der Waals surface area (Å²) in [5, 5.41) is 3.28. The molecule has 0 saturated heterocycles. The third-order valence-corrected chi connectivity index (χ3v) is 0.883. The van der Waals surface area contributed by atoms with E-state index in [0.717, 1.165) is 7.05 Å². The van der Waals surface area contributed by atoms with Crippen LogP contribution in [-0.4, -0.2) is 31.6 Å². The second-order valence-corrected chi connectivity index (χ2v) is 1.88. The molecule has 0 fully saturated rings. The van der Waals surface area contributed by atoms with Gasteiger partial charge in [-0.3, -0.25) is 9.59 Å². The summed E-state index contributed by atoms with van der Waals surface area (Å²) in [6, 6.07) is 0. The number of amides is 2. The zero-order chi connectivity index (χ0) is 9.78. The Labute approximate surface area is 66.1 Å². The molecule has 70 valence electrons. The summed E-state index contributed by atoms with van der Waals surface area (Å²) in [6.45, 7) is -1.50. The summed E-state index contributed by atoms with van der Waals surface area (Å²) in [7, 11) is 1.15. The first-order valence-electron chi connectivity index (χ1n) is 2.93. The normalized spacial score (nSPS) is 10.7. The predicted molar refractivity (Wildman–Crippen MR) is 33.1 cm³/mol. The molecule has 0 aromatic rings. The smallest absolute Gasteiger partial charge is 0.351 e. The molecule has 0 aliphatic carbocycles. The molecule has 0 atom stereocenters. The summed E-state index contributed by atoms with van der Waals surface area (Å²) >= 11 is 0. The molecule has 0 saturated carbocycles. The number of rotatable bonds is 1. The molecule has 0 aliphatic rings. The Hall–Kier alpha value is -1.27. The number of carbonyl (C=O) groups is 2. The number of carbonyl (C=O) groups excluding carboxylic acids is 2. The van der Waals surface area contributed by atoms with Gasteiger partial charge in [-0.25, -0.2) is 0 Å². The van der Waals surface area contributed by atoms with Crippen LogP contribution >= 0.6 is 0 Å². The highest BCUT2D eigenvalue weighted by Gasteiger charge is 2.28. The van der Waals surface area contributed by atoms with E-state index < -0.39 is 24.5 Å². The van der Waals surface area contributed by atoms with Crippen LogP contribution in [0.15, 0.2) is 0 Å². The summed E-state index contributed by atoms with van der Waals surface area (Å²) in [5.74, 6) is -2.39. The first kappa shape index (κ1) is 10.7. The van der Waals surface area contributed by atoms with E-state index in [4.69, 9.17) is 0 Å².